The van der Waals surface area contributed by atoms with Crippen LogP contribution in [0.2, 0.25) is 5.02 Å². The van der Waals surface area contributed by atoms with Crippen molar-refractivity contribution in [1.29, 1.82) is 0 Å². The summed E-state index contributed by atoms with van der Waals surface area (Å²) in [5.74, 6) is -1.43. The van der Waals surface area contributed by atoms with Crippen LogP contribution in [0, 0.1) is 0 Å². The first-order chi connectivity index (χ1) is 13.1. The number of alkyl halides is 3. The number of imide groups is 1. The first-order valence-electron chi connectivity index (χ1n) is 7.70. The standard InChI is InChI=1S/C18H11Cl2F3N2O3/c1-28-13-6-5-10(8-12(13)19)24-15-14(20)16(26)25(17(15)27)11-4-2-3-9(7-11)18(21,22)23/h2-8,24H,1H3. The summed E-state index contributed by atoms with van der Waals surface area (Å²) in [6.45, 7) is 0. The van der Waals surface area contributed by atoms with E-state index in [4.69, 9.17) is 27.9 Å². The molecule has 2 amide bonds. The Morgan fingerprint density at radius 1 is 1.04 bits per heavy atom. The van der Waals surface area contributed by atoms with Crippen LogP contribution in [-0.2, 0) is 15.8 Å². The molecule has 0 bridgehead atoms. The van der Waals surface area contributed by atoms with Gasteiger partial charge in [-0.15, -0.1) is 0 Å². The van der Waals surface area contributed by atoms with Gasteiger partial charge in [-0.2, -0.15) is 13.2 Å². The first-order valence-corrected chi connectivity index (χ1v) is 8.45. The van der Waals surface area contributed by atoms with Gasteiger partial charge in [0.15, 0.2) is 0 Å². The molecule has 0 radical (unpaired) electrons. The predicted octanol–water partition coefficient (Wildman–Crippen LogP) is 4.80. The Balaban J connectivity index is 1.91. The van der Waals surface area contributed by atoms with E-state index in [1.54, 1.807) is 0 Å². The van der Waals surface area contributed by atoms with Crippen molar-refractivity contribution in [3.8, 4) is 5.75 Å². The number of carbonyl (C=O) groups excluding carboxylic acids is 2. The number of benzene rings is 2. The summed E-state index contributed by atoms with van der Waals surface area (Å²) in [6.07, 6.45) is -4.63. The lowest BCUT2D eigenvalue weighted by Crippen LogP contribution is -2.32. The van der Waals surface area contributed by atoms with Gasteiger partial charge < -0.3 is 10.1 Å². The molecule has 0 fully saturated rings. The smallest absolute Gasteiger partial charge is 0.416 e. The summed E-state index contributed by atoms with van der Waals surface area (Å²) in [7, 11) is 1.43. The maximum Gasteiger partial charge on any atom is 0.416 e. The van der Waals surface area contributed by atoms with Gasteiger partial charge in [0.25, 0.3) is 11.8 Å². The summed E-state index contributed by atoms with van der Waals surface area (Å²) in [5.41, 5.74) is -1.17. The van der Waals surface area contributed by atoms with Crippen molar-refractivity contribution in [2.45, 2.75) is 6.18 Å². The molecular weight excluding hydrogens is 420 g/mol. The topological polar surface area (TPSA) is 58.6 Å². The van der Waals surface area contributed by atoms with Gasteiger partial charge >= 0.3 is 6.18 Å². The zero-order chi connectivity index (χ0) is 20.6. The van der Waals surface area contributed by atoms with Crippen molar-refractivity contribution in [2.75, 3.05) is 17.3 Å². The van der Waals surface area contributed by atoms with Gasteiger partial charge in [0.05, 0.1) is 23.4 Å². The molecule has 1 heterocycles. The molecule has 1 aliphatic heterocycles. The molecule has 0 aromatic heterocycles. The number of rotatable bonds is 4. The Kier molecular flexibility index (Phi) is 5.27. The molecule has 3 rings (SSSR count). The minimum atomic E-state index is -4.63. The molecule has 146 valence electrons. The molecule has 1 aliphatic rings. The third-order valence-electron chi connectivity index (χ3n) is 3.88. The van der Waals surface area contributed by atoms with Gasteiger partial charge in [-0.25, -0.2) is 4.90 Å². The second kappa shape index (κ2) is 7.37. The summed E-state index contributed by atoms with van der Waals surface area (Å²) in [5, 5.41) is 2.48. The molecule has 10 heteroatoms. The number of halogens is 5. The molecular formula is C18H11Cl2F3N2O3. The second-order valence-corrected chi connectivity index (χ2v) is 6.44. The Bertz CT molecular complexity index is 1010. The fourth-order valence-corrected chi connectivity index (χ4v) is 3.03. The summed E-state index contributed by atoms with van der Waals surface area (Å²) in [4.78, 5) is 25.6. The van der Waals surface area contributed by atoms with Gasteiger partial charge in [0.1, 0.15) is 16.5 Å². The molecule has 1 N–H and O–H groups in total. The third kappa shape index (κ3) is 3.65. The van der Waals surface area contributed by atoms with Gasteiger partial charge in [-0.3, -0.25) is 9.59 Å². The van der Waals surface area contributed by atoms with E-state index in [0.29, 0.717) is 22.4 Å². The van der Waals surface area contributed by atoms with Crippen LogP contribution in [0.1, 0.15) is 5.56 Å². The Morgan fingerprint density at radius 3 is 2.36 bits per heavy atom. The normalized spacial score (nSPS) is 14.7. The monoisotopic (exact) mass is 430 g/mol. The van der Waals surface area contributed by atoms with E-state index >= 15 is 0 Å². The highest BCUT2D eigenvalue weighted by atomic mass is 35.5. The number of nitrogens with one attached hydrogen (secondary N) is 1. The van der Waals surface area contributed by atoms with Crippen LogP contribution in [0.25, 0.3) is 0 Å². The van der Waals surface area contributed by atoms with E-state index in [0.717, 1.165) is 12.1 Å². The first kappa shape index (κ1) is 20.0. The van der Waals surface area contributed by atoms with Crippen LogP contribution in [0.4, 0.5) is 24.5 Å². The quantitative estimate of drug-likeness (QED) is 0.707. The highest BCUT2D eigenvalue weighted by Crippen LogP contribution is 2.35. The van der Waals surface area contributed by atoms with Crippen molar-refractivity contribution in [2.24, 2.45) is 0 Å². The molecule has 0 unspecified atom stereocenters. The number of ether oxygens (including phenoxy) is 1. The Morgan fingerprint density at radius 2 is 1.75 bits per heavy atom. The number of hydrogen-bond donors (Lipinski definition) is 1. The van der Waals surface area contributed by atoms with Crippen LogP contribution in [-0.4, -0.2) is 18.9 Å². The highest BCUT2D eigenvalue weighted by Gasteiger charge is 2.40. The van der Waals surface area contributed by atoms with Crippen molar-refractivity contribution < 1.29 is 27.5 Å². The van der Waals surface area contributed by atoms with Crippen molar-refractivity contribution in [3.63, 3.8) is 0 Å². The van der Waals surface area contributed by atoms with Crippen LogP contribution < -0.4 is 15.0 Å². The average Bonchev–Trinajstić information content (AvgIpc) is 2.85. The van der Waals surface area contributed by atoms with E-state index in [1.165, 1.54) is 31.4 Å². The largest absolute Gasteiger partial charge is 0.495 e. The Labute approximate surface area is 167 Å². The number of methoxy groups -OCH3 is 1. The maximum atomic E-state index is 12.9. The zero-order valence-electron chi connectivity index (χ0n) is 14.1. The van der Waals surface area contributed by atoms with Gasteiger partial charge in [-0.1, -0.05) is 29.3 Å². The maximum absolute atomic E-state index is 12.9. The summed E-state index contributed by atoms with van der Waals surface area (Å²) in [6, 6.07) is 8.36. The number of amides is 2. The minimum absolute atomic E-state index is 0.243. The highest BCUT2D eigenvalue weighted by molar-refractivity contribution is 6.53. The van der Waals surface area contributed by atoms with Crippen molar-refractivity contribution >= 4 is 46.4 Å². The molecule has 0 spiro atoms. The van der Waals surface area contributed by atoms with Crippen LogP contribution >= 0.6 is 23.2 Å². The lowest BCUT2D eigenvalue weighted by atomic mass is 10.2. The number of carbonyl (C=O) groups is 2. The fraction of sp³-hybridized carbons (Fsp3) is 0.111. The molecule has 0 aliphatic carbocycles. The molecule has 2 aromatic rings. The molecule has 5 nitrogen and oxygen atoms in total. The lowest BCUT2D eigenvalue weighted by Gasteiger charge is -2.17. The van der Waals surface area contributed by atoms with Crippen LogP contribution in [0.15, 0.2) is 53.2 Å². The molecule has 0 saturated carbocycles. The third-order valence-corrected chi connectivity index (χ3v) is 4.53. The number of hydrogen-bond acceptors (Lipinski definition) is 4. The van der Waals surface area contributed by atoms with Crippen molar-refractivity contribution in [3.05, 3.63) is 63.8 Å². The SMILES string of the molecule is COc1ccc(NC2=C(Cl)C(=O)N(c3cccc(C(F)(F)F)c3)C2=O)cc1Cl. The minimum Gasteiger partial charge on any atom is -0.495 e. The summed E-state index contributed by atoms with van der Waals surface area (Å²) >= 11 is 12.0. The Hall–Kier alpha value is -2.71. The predicted molar refractivity (Wildman–Crippen MR) is 98.4 cm³/mol. The van der Waals surface area contributed by atoms with Gasteiger partial charge in [-0.05, 0) is 36.4 Å². The molecule has 0 saturated heterocycles. The zero-order valence-corrected chi connectivity index (χ0v) is 15.6. The number of anilines is 2. The lowest BCUT2D eigenvalue weighted by molar-refractivity contribution is -0.137. The average molecular weight is 431 g/mol. The van der Waals surface area contributed by atoms with E-state index in [1.807, 2.05) is 0 Å². The van der Waals surface area contributed by atoms with E-state index < -0.39 is 28.6 Å². The van der Waals surface area contributed by atoms with Crippen LogP contribution in [0.5, 0.6) is 5.75 Å². The second-order valence-electron chi connectivity index (χ2n) is 5.66. The summed E-state index contributed by atoms with van der Waals surface area (Å²) < 4.78 is 43.8. The van der Waals surface area contributed by atoms with Crippen molar-refractivity contribution in [1.82, 2.24) is 0 Å². The molecule has 28 heavy (non-hydrogen) atoms. The van der Waals surface area contributed by atoms with E-state index in [-0.39, 0.29) is 16.4 Å². The van der Waals surface area contributed by atoms with E-state index in [9.17, 15) is 22.8 Å². The fourth-order valence-electron chi connectivity index (χ4n) is 2.56. The number of nitrogens with zero attached hydrogens (tertiary/aromatic N) is 1. The van der Waals surface area contributed by atoms with E-state index in [2.05, 4.69) is 5.32 Å². The molecule has 2 aromatic carbocycles. The van der Waals surface area contributed by atoms with Gasteiger partial charge in [0.2, 0.25) is 0 Å². The van der Waals surface area contributed by atoms with Gasteiger partial charge in [0, 0.05) is 5.69 Å². The van der Waals surface area contributed by atoms with Crippen LogP contribution in [0.3, 0.4) is 0 Å². The molecule has 0 atom stereocenters.